The lowest BCUT2D eigenvalue weighted by atomic mass is 9.89. The van der Waals surface area contributed by atoms with E-state index < -0.39 is 0 Å². The fourth-order valence-electron chi connectivity index (χ4n) is 3.37. The molecule has 23 heavy (non-hydrogen) atoms. The summed E-state index contributed by atoms with van der Waals surface area (Å²) in [7, 11) is 6.48. The van der Waals surface area contributed by atoms with Crippen molar-refractivity contribution in [1.82, 2.24) is 0 Å². The molecule has 0 amide bonds. The number of aryl methyl sites for hydroxylation is 1. The number of benzene rings is 2. The Balaban J connectivity index is 2.53. The predicted molar refractivity (Wildman–Crippen MR) is 103 cm³/mol. The monoisotopic (exact) mass is 310 g/mol. The number of anilines is 2. The number of hydrogen-bond donors (Lipinski definition) is 0. The summed E-state index contributed by atoms with van der Waals surface area (Å²) in [6, 6.07) is 17.8. The fraction of sp³-hybridized carbons (Fsp3) is 0.429. The minimum atomic E-state index is 0.361. The van der Waals surface area contributed by atoms with Gasteiger partial charge in [0.05, 0.1) is 6.04 Å². The van der Waals surface area contributed by atoms with Crippen molar-refractivity contribution in [2.24, 2.45) is 5.92 Å². The zero-order valence-corrected chi connectivity index (χ0v) is 15.4. The van der Waals surface area contributed by atoms with Gasteiger partial charge < -0.3 is 9.80 Å². The van der Waals surface area contributed by atoms with Crippen molar-refractivity contribution in [1.29, 1.82) is 0 Å². The number of nitrogens with zero attached hydrogens (tertiary/aromatic N) is 2. The molecule has 2 aromatic rings. The molecule has 0 N–H and O–H groups in total. The van der Waals surface area contributed by atoms with Crippen molar-refractivity contribution in [3.05, 3.63) is 59.7 Å². The summed E-state index contributed by atoms with van der Waals surface area (Å²) >= 11 is 0. The van der Waals surface area contributed by atoms with Crippen LogP contribution in [-0.4, -0.2) is 21.1 Å². The van der Waals surface area contributed by atoms with E-state index in [9.17, 15) is 0 Å². The molecule has 2 rings (SSSR count). The average Bonchev–Trinajstić information content (AvgIpc) is 2.55. The van der Waals surface area contributed by atoms with E-state index in [-0.39, 0.29) is 0 Å². The van der Waals surface area contributed by atoms with Crippen molar-refractivity contribution in [2.75, 3.05) is 30.9 Å². The van der Waals surface area contributed by atoms with Crippen molar-refractivity contribution in [3.8, 4) is 0 Å². The largest absolute Gasteiger partial charge is 0.377 e. The van der Waals surface area contributed by atoms with Gasteiger partial charge >= 0.3 is 0 Å². The van der Waals surface area contributed by atoms with E-state index in [1.807, 2.05) is 0 Å². The molecule has 0 bridgehead atoms. The molecule has 0 spiro atoms. The van der Waals surface area contributed by atoms with E-state index in [1.165, 1.54) is 22.5 Å². The second-order valence-corrected chi connectivity index (χ2v) is 6.68. The van der Waals surface area contributed by atoms with Crippen LogP contribution in [0.3, 0.4) is 0 Å². The van der Waals surface area contributed by atoms with Crippen LogP contribution in [0.25, 0.3) is 0 Å². The first-order valence-electron chi connectivity index (χ1n) is 8.52. The zero-order chi connectivity index (χ0) is 17.0. The van der Waals surface area contributed by atoms with Gasteiger partial charge in [0.1, 0.15) is 0 Å². The molecule has 2 aromatic carbocycles. The summed E-state index contributed by atoms with van der Waals surface area (Å²) in [6.07, 6.45) is 1.16. The van der Waals surface area contributed by atoms with Crippen LogP contribution in [0.2, 0.25) is 0 Å². The molecule has 0 aliphatic rings. The lowest BCUT2D eigenvalue weighted by molar-refractivity contribution is 0.439. The first-order chi connectivity index (χ1) is 11.0. The van der Waals surface area contributed by atoms with Gasteiger partial charge in [0.25, 0.3) is 0 Å². The van der Waals surface area contributed by atoms with Gasteiger partial charge in [0.15, 0.2) is 0 Å². The molecular formula is C21H30N2. The highest BCUT2D eigenvalue weighted by Crippen LogP contribution is 2.38. The second-order valence-electron chi connectivity index (χ2n) is 6.68. The van der Waals surface area contributed by atoms with E-state index in [1.54, 1.807) is 0 Å². The van der Waals surface area contributed by atoms with Crippen LogP contribution in [-0.2, 0) is 0 Å². The lowest BCUT2D eigenvalue weighted by Gasteiger charge is -2.37. The maximum atomic E-state index is 2.45. The van der Waals surface area contributed by atoms with Crippen LogP contribution in [0.1, 0.15) is 37.4 Å². The van der Waals surface area contributed by atoms with Gasteiger partial charge in [-0.3, -0.25) is 0 Å². The third-order valence-corrected chi connectivity index (χ3v) is 4.83. The predicted octanol–water partition coefficient (Wildman–Crippen LogP) is 5.28. The highest BCUT2D eigenvalue weighted by molar-refractivity contribution is 5.60. The zero-order valence-electron chi connectivity index (χ0n) is 15.4. The maximum Gasteiger partial charge on any atom is 0.0585 e. The third-order valence-electron chi connectivity index (χ3n) is 4.83. The molecule has 0 saturated heterocycles. The molecule has 124 valence electrons. The van der Waals surface area contributed by atoms with E-state index >= 15 is 0 Å². The normalized spacial score (nSPS) is 13.5. The highest BCUT2D eigenvalue weighted by Gasteiger charge is 2.26. The van der Waals surface area contributed by atoms with Gasteiger partial charge in [-0.05, 0) is 36.1 Å². The molecule has 0 aliphatic heterocycles. The summed E-state index contributed by atoms with van der Waals surface area (Å²) in [5.74, 6) is 0.570. The number of hydrogen-bond acceptors (Lipinski definition) is 2. The summed E-state index contributed by atoms with van der Waals surface area (Å²) < 4.78 is 0. The molecular weight excluding hydrogens is 280 g/mol. The van der Waals surface area contributed by atoms with Gasteiger partial charge in [-0.15, -0.1) is 0 Å². The molecule has 0 fully saturated rings. The van der Waals surface area contributed by atoms with Crippen molar-refractivity contribution >= 4 is 11.4 Å². The van der Waals surface area contributed by atoms with Gasteiger partial charge in [-0.2, -0.15) is 0 Å². The Kier molecular flexibility index (Phi) is 5.70. The standard InChI is InChI=1S/C21H30N2/c1-7-16(2)21(18-13-9-11-15-20(18)22(4)5)23(6)19-14-10-8-12-17(19)3/h8-16,21H,7H2,1-6H3/t16-,21?/m1/s1. The molecule has 1 unspecified atom stereocenters. The Labute approximate surface area is 141 Å². The topological polar surface area (TPSA) is 6.48 Å². The van der Waals surface area contributed by atoms with E-state index in [4.69, 9.17) is 0 Å². The van der Waals surface area contributed by atoms with Crippen LogP contribution in [0.4, 0.5) is 11.4 Å². The molecule has 2 heteroatoms. The van der Waals surface area contributed by atoms with E-state index in [0.29, 0.717) is 12.0 Å². The van der Waals surface area contributed by atoms with E-state index in [0.717, 1.165) is 6.42 Å². The Hall–Kier alpha value is -1.96. The summed E-state index contributed by atoms with van der Waals surface area (Å²) in [5.41, 5.74) is 5.34. The first-order valence-corrected chi connectivity index (χ1v) is 8.52. The smallest absolute Gasteiger partial charge is 0.0585 e. The second kappa shape index (κ2) is 7.54. The van der Waals surface area contributed by atoms with Crippen LogP contribution < -0.4 is 9.80 Å². The minimum Gasteiger partial charge on any atom is -0.377 e. The quantitative estimate of drug-likeness (QED) is 0.716. The summed E-state index contributed by atoms with van der Waals surface area (Å²) in [5, 5.41) is 0. The number of para-hydroxylation sites is 2. The Bertz CT molecular complexity index is 633. The first kappa shape index (κ1) is 17.4. The average molecular weight is 310 g/mol. The third kappa shape index (κ3) is 3.69. The van der Waals surface area contributed by atoms with Gasteiger partial charge in [-0.1, -0.05) is 56.7 Å². The van der Waals surface area contributed by atoms with Gasteiger partial charge in [0, 0.05) is 32.5 Å². The highest BCUT2D eigenvalue weighted by atomic mass is 15.2. The van der Waals surface area contributed by atoms with Gasteiger partial charge in [-0.25, -0.2) is 0 Å². The molecule has 0 aromatic heterocycles. The number of rotatable bonds is 6. The minimum absolute atomic E-state index is 0.361. The SMILES string of the molecule is CC[C@@H](C)C(c1ccccc1N(C)C)N(C)c1ccccc1C. The van der Waals surface area contributed by atoms with Crippen molar-refractivity contribution in [3.63, 3.8) is 0 Å². The Morgan fingerprint density at radius 3 is 2.00 bits per heavy atom. The molecule has 0 radical (unpaired) electrons. The van der Waals surface area contributed by atoms with Gasteiger partial charge in [0.2, 0.25) is 0 Å². The maximum absolute atomic E-state index is 2.45. The van der Waals surface area contributed by atoms with E-state index in [2.05, 4.69) is 100 Å². The molecule has 0 heterocycles. The molecule has 0 aliphatic carbocycles. The Morgan fingerprint density at radius 2 is 1.43 bits per heavy atom. The molecule has 0 saturated carbocycles. The van der Waals surface area contributed by atoms with Crippen LogP contribution in [0, 0.1) is 12.8 Å². The summed E-state index contributed by atoms with van der Waals surface area (Å²) in [4.78, 5) is 4.67. The van der Waals surface area contributed by atoms with Crippen LogP contribution in [0.5, 0.6) is 0 Å². The Morgan fingerprint density at radius 1 is 0.870 bits per heavy atom. The van der Waals surface area contributed by atoms with Crippen LogP contribution >= 0.6 is 0 Å². The van der Waals surface area contributed by atoms with Crippen LogP contribution in [0.15, 0.2) is 48.5 Å². The lowest BCUT2D eigenvalue weighted by Crippen LogP contribution is -2.31. The molecule has 2 atom stereocenters. The fourth-order valence-corrected chi connectivity index (χ4v) is 3.37. The molecule has 2 nitrogen and oxygen atoms in total. The van der Waals surface area contributed by atoms with Crippen molar-refractivity contribution in [2.45, 2.75) is 33.2 Å². The van der Waals surface area contributed by atoms with Crippen molar-refractivity contribution < 1.29 is 0 Å². The summed E-state index contributed by atoms with van der Waals surface area (Å²) in [6.45, 7) is 6.82.